The third kappa shape index (κ3) is 5.95. The lowest BCUT2D eigenvalue weighted by Crippen LogP contribution is -1.83. The maximum absolute atomic E-state index is 9.80. The molecule has 0 aromatic heterocycles. The lowest BCUT2D eigenvalue weighted by molar-refractivity contribution is 0.611. The Labute approximate surface area is 45.5 Å². The first-order valence-electron chi connectivity index (χ1n) is 2.39. The van der Waals surface area contributed by atoms with Crippen molar-refractivity contribution in [1.82, 2.24) is 0 Å². The van der Waals surface area contributed by atoms with Crippen LogP contribution in [0.25, 0.3) is 0 Å². The summed E-state index contributed by atoms with van der Waals surface area (Å²) in [6, 6.07) is 0. The molecule has 0 bridgehead atoms. The molecule has 0 radical (unpaired) electrons. The minimum atomic E-state index is -2.11. The van der Waals surface area contributed by atoms with Crippen LogP contribution >= 0.6 is 0 Å². The van der Waals surface area contributed by atoms with Crippen LogP contribution in [-0.2, 0) is 10.7 Å². The minimum absolute atomic E-state index is 0.353. The smallest absolute Gasteiger partial charge is 0.140 e. The molecule has 0 saturated heterocycles. The lowest BCUT2D eigenvalue weighted by atomic mass is 10.4. The second kappa shape index (κ2) is 4.12. The fraction of sp³-hybridized carbons (Fsp3) is 1.00. The Kier molecular flexibility index (Phi) is 4.09. The molecule has 0 saturated carbocycles. The van der Waals surface area contributed by atoms with Gasteiger partial charge in [-0.3, -0.25) is 0 Å². The number of unbranched alkanes of at least 4 members (excludes halogenated alkanes) is 1. The normalized spacial score (nSPS) is 10.0. The first-order chi connectivity index (χ1) is 3.27. The molecule has 44 valence electrons. The van der Waals surface area contributed by atoms with Gasteiger partial charge in [0.2, 0.25) is 0 Å². The zero-order valence-electron chi connectivity index (χ0n) is 4.39. The van der Waals surface area contributed by atoms with Crippen LogP contribution in [0, 0.1) is 0 Å². The van der Waals surface area contributed by atoms with E-state index in [-0.39, 0.29) is 0 Å². The van der Waals surface area contributed by atoms with Gasteiger partial charge in [0, 0.05) is 5.75 Å². The molecule has 0 spiro atoms. The molecule has 0 rings (SSSR count). The Hall–Kier alpha value is -0.0500. The van der Waals surface area contributed by atoms with Gasteiger partial charge in [-0.2, -0.15) is 0 Å². The van der Waals surface area contributed by atoms with Gasteiger partial charge >= 0.3 is 0 Å². The standard InChI is InChI=1S/C4H10O2S/c1-2-3-4-7(5)6/h7H,2-4H2,1H3. The SMILES string of the molecule is CCCC[SH](=O)=O. The molecule has 0 aliphatic carbocycles. The van der Waals surface area contributed by atoms with Gasteiger partial charge in [-0.05, 0) is 6.42 Å². The van der Waals surface area contributed by atoms with Crippen molar-refractivity contribution < 1.29 is 8.42 Å². The molecule has 0 unspecified atom stereocenters. The summed E-state index contributed by atoms with van der Waals surface area (Å²) in [6.07, 6.45) is 1.77. The summed E-state index contributed by atoms with van der Waals surface area (Å²) < 4.78 is 19.6. The lowest BCUT2D eigenvalue weighted by Gasteiger charge is -1.81. The zero-order valence-corrected chi connectivity index (χ0v) is 5.28. The summed E-state index contributed by atoms with van der Waals surface area (Å²) in [4.78, 5) is 0. The Bertz CT molecular complexity index is 87.9. The van der Waals surface area contributed by atoms with Crippen molar-refractivity contribution in [3.8, 4) is 0 Å². The predicted molar refractivity (Wildman–Crippen MR) is 30.1 cm³/mol. The third-order valence-electron chi connectivity index (χ3n) is 0.694. The number of hydrogen-bond acceptors (Lipinski definition) is 2. The summed E-state index contributed by atoms with van der Waals surface area (Å²) in [5.41, 5.74) is 0. The van der Waals surface area contributed by atoms with Crippen molar-refractivity contribution >= 4 is 10.7 Å². The van der Waals surface area contributed by atoms with Crippen molar-refractivity contribution in [2.75, 3.05) is 5.75 Å². The van der Waals surface area contributed by atoms with Crippen LogP contribution in [-0.4, -0.2) is 14.2 Å². The van der Waals surface area contributed by atoms with Gasteiger partial charge in [0.05, 0.1) is 0 Å². The van der Waals surface area contributed by atoms with Crippen molar-refractivity contribution in [1.29, 1.82) is 0 Å². The van der Waals surface area contributed by atoms with Crippen LogP contribution in [0.5, 0.6) is 0 Å². The summed E-state index contributed by atoms with van der Waals surface area (Å²) in [5.74, 6) is 0.353. The van der Waals surface area contributed by atoms with Gasteiger partial charge in [-0.1, -0.05) is 13.3 Å². The first-order valence-corrected chi connectivity index (χ1v) is 3.75. The van der Waals surface area contributed by atoms with Crippen LogP contribution < -0.4 is 0 Å². The van der Waals surface area contributed by atoms with Crippen molar-refractivity contribution in [2.45, 2.75) is 19.8 Å². The molecule has 0 amide bonds. The Morgan fingerprint density at radius 1 is 1.43 bits per heavy atom. The highest BCUT2D eigenvalue weighted by Crippen LogP contribution is 1.83. The van der Waals surface area contributed by atoms with Crippen LogP contribution in [0.2, 0.25) is 0 Å². The molecule has 0 aromatic rings. The average Bonchev–Trinajstić information content (AvgIpc) is 1.61. The maximum atomic E-state index is 9.80. The predicted octanol–water partition coefficient (Wildman–Crippen LogP) is 0.398. The number of rotatable bonds is 3. The molecule has 0 aromatic carbocycles. The summed E-state index contributed by atoms with van der Waals surface area (Å²) in [7, 11) is -2.11. The van der Waals surface area contributed by atoms with Crippen LogP contribution in [0.3, 0.4) is 0 Å². The van der Waals surface area contributed by atoms with E-state index in [4.69, 9.17) is 0 Å². The second-order valence-electron chi connectivity index (χ2n) is 1.41. The molecular formula is C4H10O2S. The molecule has 2 nitrogen and oxygen atoms in total. The van der Waals surface area contributed by atoms with E-state index in [1.807, 2.05) is 6.92 Å². The average molecular weight is 122 g/mol. The highest BCUT2D eigenvalue weighted by atomic mass is 32.2. The highest BCUT2D eigenvalue weighted by Gasteiger charge is 1.81. The van der Waals surface area contributed by atoms with Crippen LogP contribution in [0.4, 0.5) is 0 Å². The minimum Gasteiger partial charge on any atom is -0.232 e. The Balaban J connectivity index is 2.98. The summed E-state index contributed by atoms with van der Waals surface area (Å²) >= 11 is 0. The van der Waals surface area contributed by atoms with E-state index < -0.39 is 10.7 Å². The summed E-state index contributed by atoms with van der Waals surface area (Å²) in [6.45, 7) is 1.97. The van der Waals surface area contributed by atoms with E-state index in [0.29, 0.717) is 5.75 Å². The van der Waals surface area contributed by atoms with Crippen LogP contribution in [0.15, 0.2) is 0 Å². The second-order valence-corrected chi connectivity index (χ2v) is 2.52. The molecular weight excluding hydrogens is 112 g/mol. The van der Waals surface area contributed by atoms with Gasteiger partial charge in [0.1, 0.15) is 10.7 Å². The van der Waals surface area contributed by atoms with E-state index in [2.05, 4.69) is 0 Å². The fourth-order valence-corrected chi connectivity index (χ4v) is 0.862. The van der Waals surface area contributed by atoms with E-state index in [1.165, 1.54) is 0 Å². The number of thiol groups is 1. The maximum Gasteiger partial charge on any atom is 0.140 e. The summed E-state index contributed by atoms with van der Waals surface area (Å²) in [5, 5.41) is 0. The van der Waals surface area contributed by atoms with Gasteiger partial charge in [-0.25, -0.2) is 8.42 Å². The molecule has 0 fully saturated rings. The van der Waals surface area contributed by atoms with Crippen LogP contribution in [0.1, 0.15) is 19.8 Å². The molecule has 0 aliphatic heterocycles. The first kappa shape index (κ1) is 6.95. The molecule has 7 heavy (non-hydrogen) atoms. The molecule has 3 heteroatoms. The van der Waals surface area contributed by atoms with Crippen molar-refractivity contribution in [2.24, 2.45) is 0 Å². The number of hydrogen-bond donors (Lipinski definition) is 1. The Morgan fingerprint density at radius 3 is 2.14 bits per heavy atom. The van der Waals surface area contributed by atoms with Gasteiger partial charge in [0.15, 0.2) is 0 Å². The van der Waals surface area contributed by atoms with Gasteiger partial charge in [0.25, 0.3) is 0 Å². The largest absolute Gasteiger partial charge is 0.232 e. The Morgan fingerprint density at radius 2 is 2.00 bits per heavy atom. The van der Waals surface area contributed by atoms with E-state index in [9.17, 15) is 8.42 Å². The molecule has 0 heterocycles. The topological polar surface area (TPSA) is 34.1 Å². The van der Waals surface area contributed by atoms with Gasteiger partial charge < -0.3 is 0 Å². The zero-order chi connectivity index (χ0) is 5.70. The van der Waals surface area contributed by atoms with Crippen molar-refractivity contribution in [3.05, 3.63) is 0 Å². The highest BCUT2D eigenvalue weighted by molar-refractivity contribution is 7.72. The monoisotopic (exact) mass is 122 g/mol. The molecule has 0 atom stereocenters. The fourth-order valence-electron chi connectivity index (χ4n) is 0.287. The molecule has 0 aliphatic rings. The quantitative estimate of drug-likeness (QED) is 0.550. The molecule has 0 N–H and O–H groups in total. The van der Waals surface area contributed by atoms with E-state index >= 15 is 0 Å². The van der Waals surface area contributed by atoms with E-state index in [1.54, 1.807) is 0 Å². The van der Waals surface area contributed by atoms with E-state index in [0.717, 1.165) is 12.8 Å². The van der Waals surface area contributed by atoms with Gasteiger partial charge in [-0.15, -0.1) is 0 Å². The van der Waals surface area contributed by atoms with Crippen molar-refractivity contribution in [3.63, 3.8) is 0 Å². The third-order valence-corrected chi connectivity index (χ3v) is 1.38.